The number of hydrogen-bond donors (Lipinski definition) is 0. The first-order valence-electron chi connectivity index (χ1n) is 5.11. The molecule has 0 atom stereocenters. The first-order chi connectivity index (χ1) is 7.58. The molecule has 2 nitrogen and oxygen atoms in total. The summed E-state index contributed by atoms with van der Waals surface area (Å²) in [5, 5.41) is 9.63. The molecule has 1 aromatic carbocycles. The van der Waals surface area contributed by atoms with Crippen molar-refractivity contribution in [1.82, 2.24) is 0 Å². The molecule has 0 aromatic heterocycles. The SMILES string of the molecule is CCOc1c(I)c(C#N)c(Cl)c(C)c1CC. The molecule has 0 fully saturated rings. The summed E-state index contributed by atoms with van der Waals surface area (Å²) in [5.74, 6) is 0.809. The van der Waals surface area contributed by atoms with E-state index in [1.165, 1.54) is 0 Å². The van der Waals surface area contributed by atoms with Crippen LogP contribution in [0.5, 0.6) is 5.75 Å². The molecule has 0 saturated carbocycles. The molecule has 0 heterocycles. The average molecular weight is 350 g/mol. The van der Waals surface area contributed by atoms with Gasteiger partial charge in [-0.1, -0.05) is 18.5 Å². The number of halogens is 2. The highest BCUT2D eigenvalue weighted by molar-refractivity contribution is 14.1. The van der Waals surface area contributed by atoms with Crippen molar-refractivity contribution >= 4 is 34.2 Å². The number of nitrogens with zero attached hydrogens (tertiary/aromatic N) is 1. The van der Waals surface area contributed by atoms with Crippen molar-refractivity contribution in [3.8, 4) is 11.8 Å². The summed E-state index contributed by atoms with van der Waals surface area (Å²) in [4.78, 5) is 0. The van der Waals surface area contributed by atoms with E-state index in [1.807, 2.05) is 13.8 Å². The van der Waals surface area contributed by atoms with Crippen molar-refractivity contribution in [3.63, 3.8) is 0 Å². The molecular weight excluding hydrogens is 336 g/mol. The van der Waals surface area contributed by atoms with Crippen LogP contribution in [-0.2, 0) is 6.42 Å². The Morgan fingerprint density at radius 3 is 2.50 bits per heavy atom. The molecule has 0 N–H and O–H groups in total. The van der Waals surface area contributed by atoms with Gasteiger partial charge in [0.25, 0.3) is 0 Å². The third kappa shape index (κ3) is 2.28. The Morgan fingerprint density at radius 1 is 1.44 bits per heavy atom. The van der Waals surface area contributed by atoms with Gasteiger partial charge in [0.15, 0.2) is 0 Å². The smallest absolute Gasteiger partial charge is 0.137 e. The molecule has 0 aliphatic carbocycles. The van der Waals surface area contributed by atoms with Crippen molar-refractivity contribution in [2.24, 2.45) is 0 Å². The lowest BCUT2D eigenvalue weighted by Crippen LogP contribution is -2.04. The molecule has 0 saturated heterocycles. The van der Waals surface area contributed by atoms with E-state index in [1.54, 1.807) is 0 Å². The molecule has 86 valence electrons. The van der Waals surface area contributed by atoms with E-state index < -0.39 is 0 Å². The van der Waals surface area contributed by atoms with Crippen LogP contribution in [0.25, 0.3) is 0 Å². The molecule has 0 radical (unpaired) electrons. The maximum absolute atomic E-state index is 9.09. The number of nitriles is 1. The van der Waals surface area contributed by atoms with Crippen LogP contribution < -0.4 is 4.74 Å². The summed E-state index contributed by atoms with van der Waals surface area (Å²) >= 11 is 8.30. The third-order valence-electron chi connectivity index (χ3n) is 2.45. The summed E-state index contributed by atoms with van der Waals surface area (Å²) in [6.07, 6.45) is 0.850. The fourth-order valence-electron chi connectivity index (χ4n) is 1.65. The van der Waals surface area contributed by atoms with E-state index in [2.05, 4.69) is 35.6 Å². The normalized spacial score (nSPS) is 10.0. The van der Waals surface area contributed by atoms with Gasteiger partial charge in [0.1, 0.15) is 11.8 Å². The lowest BCUT2D eigenvalue weighted by Gasteiger charge is -2.16. The van der Waals surface area contributed by atoms with Gasteiger partial charge in [-0.25, -0.2) is 0 Å². The minimum absolute atomic E-state index is 0.514. The quantitative estimate of drug-likeness (QED) is 0.770. The summed E-state index contributed by atoms with van der Waals surface area (Å²) in [6, 6.07) is 2.14. The summed E-state index contributed by atoms with van der Waals surface area (Å²) in [7, 11) is 0. The Hall–Kier alpha value is -0.470. The van der Waals surface area contributed by atoms with E-state index in [9.17, 15) is 0 Å². The molecule has 0 aliphatic rings. The first-order valence-corrected chi connectivity index (χ1v) is 6.57. The summed E-state index contributed by atoms with van der Waals surface area (Å²) < 4.78 is 6.43. The second-order valence-corrected chi connectivity index (χ2v) is 4.79. The van der Waals surface area contributed by atoms with Crippen LogP contribution in [0.1, 0.15) is 30.5 Å². The minimum Gasteiger partial charge on any atom is -0.492 e. The lowest BCUT2D eigenvalue weighted by atomic mass is 10.0. The maximum Gasteiger partial charge on any atom is 0.137 e. The van der Waals surface area contributed by atoms with E-state index in [4.69, 9.17) is 21.6 Å². The molecule has 0 spiro atoms. The van der Waals surface area contributed by atoms with Crippen molar-refractivity contribution in [2.45, 2.75) is 27.2 Å². The fraction of sp³-hybridized carbons (Fsp3) is 0.417. The monoisotopic (exact) mass is 349 g/mol. The predicted molar refractivity (Wildman–Crippen MR) is 74.2 cm³/mol. The van der Waals surface area contributed by atoms with Gasteiger partial charge >= 0.3 is 0 Å². The topological polar surface area (TPSA) is 33.0 Å². The fourth-order valence-corrected chi connectivity index (χ4v) is 2.93. The van der Waals surface area contributed by atoms with E-state index in [-0.39, 0.29) is 0 Å². The third-order valence-corrected chi connectivity index (χ3v) is 3.95. The average Bonchev–Trinajstić information content (AvgIpc) is 2.27. The van der Waals surface area contributed by atoms with E-state index in [0.717, 1.165) is 26.9 Å². The van der Waals surface area contributed by atoms with Crippen molar-refractivity contribution in [3.05, 3.63) is 25.3 Å². The molecule has 0 bridgehead atoms. The van der Waals surface area contributed by atoms with Crippen LogP contribution in [0.2, 0.25) is 5.02 Å². The zero-order chi connectivity index (χ0) is 12.3. The van der Waals surface area contributed by atoms with Crippen molar-refractivity contribution in [2.75, 3.05) is 6.61 Å². The van der Waals surface area contributed by atoms with Gasteiger partial charge in [0.05, 0.1) is 20.8 Å². The molecule has 0 unspecified atom stereocenters. The summed E-state index contributed by atoms with van der Waals surface area (Å²) in [5.41, 5.74) is 2.56. The van der Waals surface area contributed by atoms with Crippen LogP contribution in [0.15, 0.2) is 0 Å². The highest BCUT2D eigenvalue weighted by Crippen LogP contribution is 2.37. The van der Waals surface area contributed by atoms with Crippen molar-refractivity contribution in [1.29, 1.82) is 5.26 Å². The Bertz CT molecular complexity index is 448. The molecule has 1 rings (SSSR count). The van der Waals surface area contributed by atoms with Crippen molar-refractivity contribution < 1.29 is 4.74 Å². The highest BCUT2D eigenvalue weighted by atomic mass is 127. The Morgan fingerprint density at radius 2 is 2.06 bits per heavy atom. The minimum atomic E-state index is 0.514. The van der Waals surface area contributed by atoms with Gasteiger partial charge in [-0.2, -0.15) is 5.26 Å². The molecule has 1 aromatic rings. The highest BCUT2D eigenvalue weighted by Gasteiger charge is 2.19. The molecule has 16 heavy (non-hydrogen) atoms. The second kappa shape index (κ2) is 5.74. The van der Waals surface area contributed by atoms with Gasteiger partial charge in [-0.15, -0.1) is 0 Å². The van der Waals surface area contributed by atoms with Gasteiger partial charge < -0.3 is 4.74 Å². The zero-order valence-electron chi connectivity index (χ0n) is 9.53. The number of benzene rings is 1. The van der Waals surface area contributed by atoms with Crippen LogP contribution >= 0.6 is 34.2 Å². The standard InChI is InChI=1S/C12H13ClINO/c1-4-8-7(3)10(13)9(6-15)11(14)12(8)16-5-2/h4-5H2,1-3H3. The maximum atomic E-state index is 9.09. The Kier molecular flexibility index (Phi) is 4.88. The van der Waals surface area contributed by atoms with Crippen LogP contribution in [0.3, 0.4) is 0 Å². The van der Waals surface area contributed by atoms with E-state index >= 15 is 0 Å². The van der Waals surface area contributed by atoms with E-state index in [0.29, 0.717) is 17.2 Å². The largest absolute Gasteiger partial charge is 0.492 e. The second-order valence-electron chi connectivity index (χ2n) is 3.33. The summed E-state index contributed by atoms with van der Waals surface area (Å²) in [6.45, 7) is 6.52. The van der Waals surface area contributed by atoms with Crippen LogP contribution in [-0.4, -0.2) is 6.61 Å². The Labute approximate surface area is 115 Å². The zero-order valence-corrected chi connectivity index (χ0v) is 12.4. The first kappa shape index (κ1) is 13.6. The van der Waals surface area contributed by atoms with Gasteiger partial charge in [-0.3, -0.25) is 0 Å². The predicted octanol–water partition coefficient (Wildman–Crippen LogP) is 4.09. The van der Waals surface area contributed by atoms with Gasteiger partial charge in [-0.05, 0) is 54.0 Å². The van der Waals surface area contributed by atoms with Gasteiger partial charge in [0.2, 0.25) is 0 Å². The van der Waals surface area contributed by atoms with Gasteiger partial charge in [0, 0.05) is 0 Å². The number of ether oxygens (including phenoxy) is 1. The number of rotatable bonds is 3. The van der Waals surface area contributed by atoms with Crippen LogP contribution in [0, 0.1) is 21.8 Å². The molecule has 0 aliphatic heterocycles. The van der Waals surface area contributed by atoms with Crippen LogP contribution in [0.4, 0.5) is 0 Å². The molecule has 4 heteroatoms. The Balaban J connectivity index is 3.58. The lowest BCUT2D eigenvalue weighted by molar-refractivity contribution is 0.334. The number of hydrogen-bond acceptors (Lipinski definition) is 2. The molecule has 0 amide bonds. The molecular formula is C12H13ClINO.